The van der Waals surface area contributed by atoms with Gasteiger partial charge in [-0.3, -0.25) is 0 Å². The number of hydrogen-bond acceptors (Lipinski definition) is 2. The van der Waals surface area contributed by atoms with E-state index in [4.69, 9.17) is 4.74 Å². The molecule has 1 rings (SSSR count). The Morgan fingerprint density at radius 3 is 2.15 bits per heavy atom. The zero-order valence-corrected chi connectivity index (χ0v) is 13.7. The molecular weight excluding hydrogens is 246 g/mol. The van der Waals surface area contributed by atoms with Crippen LogP contribution in [-0.2, 0) is 10.2 Å². The predicted molar refractivity (Wildman–Crippen MR) is 87.4 cm³/mol. The van der Waals surface area contributed by atoms with E-state index in [1.54, 1.807) is 7.11 Å². The second-order valence-electron chi connectivity index (χ2n) is 5.82. The van der Waals surface area contributed by atoms with Gasteiger partial charge in [-0.15, -0.1) is 0 Å². The number of benzene rings is 1. The predicted octanol–water partition coefficient (Wildman–Crippen LogP) is 4.07. The average Bonchev–Trinajstić information content (AvgIpc) is 2.45. The summed E-state index contributed by atoms with van der Waals surface area (Å²) >= 11 is 0. The number of hydrogen-bond donors (Lipinski definition) is 1. The van der Waals surface area contributed by atoms with Gasteiger partial charge in [-0.2, -0.15) is 0 Å². The summed E-state index contributed by atoms with van der Waals surface area (Å²) < 4.78 is 5.14. The van der Waals surface area contributed by atoms with Crippen molar-refractivity contribution < 1.29 is 4.74 Å². The lowest BCUT2D eigenvalue weighted by atomic mass is 9.73. The number of aryl methyl sites for hydroxylation is 1. The average molecular weight is 277 g/mol. The normalized spacial score (nSPS) is 11.8. The summed E-state index contributed by atoms with van der Waals surface area (Å²) in [5.74, 6) is 0. The van der Waals surface area contributed by atoms with E-state index in [-0.39, 0.29) is 5.41 Å². The van der Waals surface area contributed by atoms with Crippen LogP contribution in [0.4, 0.5) is 0 Å². The Labute approximate surface area is 124 Å². The van der Waals surface area contributed by atoms with Gasteiger partial charge >= 0.3 is 0 Å². The van der Waals surface area contributed by atoms with E-state index in [9.17, 15) is 0 Å². The van der Waals surface area contributed by atoms with Gasteiger partial charge in [0.05, 0.1) is 6.61 Å². The summed E-state index contributed by atoms with van der Waals surface area (Å²) in [7, 11) is 1.76. The van der Waals surface area contributed by atoms with Crippen molar-refractivity contribution in [3.63, 3.8) is 0 Å². The third kappa shape index (κ3) is 4.92. The molecule has 0 spiro atoms. The van der Waals surface area contributed by atoms with E-state index < -0.39 is 0 Å². The largest absolute Gasteiger partial charge is 0.383 e. The molecule has 0 bridgehead atoms. The summed E-state index contributed by atoms with van der Waals surface area (Å²) in [5, 5.41) is 3.58. The quantitative estimate of drug-likeness (QED) is 0.651. The maximum absolute atomic E-state index is 5.14. The highest BCUT2D eigenvalue weighted by atomic mass is 16.5. The molecule has 1 aromatic carbocycles. The molecule has 20 heavy (non-hydrogen) atoms. The summed E-state index contributed by atoms with van der Waals surface area (Å²) in [6.45, 7) is 9.48. The van der Waals surface area contributed by atoms with Crippen LogP contribution in [0.5, 0.6) is 0 Å². The van der Waals surface area contributed by atoms with Gasteiger partial charge in [-0.25, -0.2) is 0 Å². The molecule has 1 aromatic rings. The summed E-state index contributed by atoms with van der Waals surface area (Å²) in [6.07, 6.45) is 4.92. The maximum Gasteiger partial charge on any atom is 0.0587 e. The van der Waals surface area contributed by atoms with Crippen molar-refractivity contribution in [2.75, 3.05) is 26.8 Å². The van der Waals surface area contributed by atoms with E-state index in [2.05, 4.69) is 50.4 Å². The van der Waals surface area contributed by atoms with Crippen molar-refractivity contribution in [2.24, 2.45) is 0 Å². The Morgan fingerprint density at radius 1 is 1.05 bits per heavy atom. The molecule has 0 saturated heterocycles. The van der Waals surface area contributed by atoms with Crippen LogP contribution in [-0.4, -0.2) is 26.8 Å². The van der Waals surface area contributed by atoms with E-state index >= 15 is 0 Å². The van der Waals surface area contributed by atoms with Crippen LogP contribution in [0.25, 0.3) is 0 Å². The SMILES string of the molecule is CCCC(CCC)(CNCCOC)c1ccc(C)cc1. The smallest absolute Gasteiger partial charge is 0.0587 e. The highest BCUT2D eigenvalue weighted by Crippen LogP contribution is 2.34. The van der Waals surface area contributed by atoms with Crippen molar-refractivity contribution in [1.82, 2.24) is 5.32 Å². The van der Waals surface area contributed by atoms with Crippen LogP contribution >= 0.6 is 0 Å². The summed E-state index contributed by atoms with van der Waals surface area (Å²) in [4.78, 5) is 0. The van der Waals surface area contributed by atoms with Crippen molar-refractivity contribution >= 4 is 0 Å². The minimum Gasteiger partial charge on any atom is -0.383 e. The summed E-state index contributed by atoms with van der Waals surface area (Å²) in [5.41, 5.74) is 3.09. The topological polar surface area (TPSA) is 21.3 Å². The molecule has 0 radical (unpaired) electrons. The maximum atomic E-state index is 5.14. The summed E-state index contributed by atoms with van der Waals surface area (Å²) in [6, 6.07) is 9.12. The molecule has 114 valence electrons. The van der Waals surface area contributed by atoms with Crippen molar-refractivity contribution in [2.45, 2.75) is 51.9 Å². The fraction of sp³-hybridized carbons (Fsp3) is 0.667. The zero-order chi connectivity index (χ0) is 14.8. The molecule has 0 amide bonds. The minimum atomic E-state index is 0.269. The lowest BCUT2D eigenvalue weighted by Crippen LogP contribution is -2.39. The Hall–Kier alpha value is -0.860. The van der Waals surface area contributed by atoms with Gasteiger partial charge in [0, 0.05) is 25.6 Å². The molecule has 0 aromatic heterocycles. The third-order valence-corrected chi connectivity index (χ3v) is 4.07. The Kier molecular flexibility index (Phi) is 7.86. The van der Waals surface area contributed by atoms with Gasteiger partial charge in [-0.1, -0.05) is 56.5 Å². The lowest BCUT2D eigenvalue weighted by molar-refractivity contribution is 0.194. The molecule has 0 aliphatic heterocycles. The number of methoxy groups -OCH3 is 1. The van der Waals surface area contributed by atoms with Gasteiger partial charge in [0.15, 0.2) is 0 Å². The number of ether oxygens (including phenoxy) is 1. The highest BCUT2D eigenvalue weighted by molar-refractivity contribution is 5.29. The zero-order valence-electron chi connectivity index (χ0n) is 13.7. The van der Waals surface area contributed by atoms with Crippen LogP contribution in [0, 0.1) is 6.92 Å². The van der Waals surface area contributed by atoms with Gasteiger partial charge < -0.3 is 10.1 Å². The first kappa shape index (κ1) is 17.2. The molecule has 1 N–H and O–H groups in total. The van der Waals surface area contributed by atoms with Crippen molar-refractivity contribution in [3.8, 4) is 0 Å². The van der Waals surface area contributed by atoms with Crippen molar-refractivity contribution in [1.29, 1.82) is 0 Å². The van der Waals surface area contributed by atoms with Crippen LogP contribution in [0.15, 0.2) is 24.3 Å². The van der Waals surface area contributed by atoms with E-state index in [0.717, 1.165) is 19.7 Å². The van der Waals surface area contributed by atoms with Crippen LogP contribution in [0.3, 0.4) is 0 Å². The van der Waals surface area contributed by atoms with Gasteiger partial charge in [0.2, 0.25) is 0 Å². The minimum absolute atomic E-state index is 0.269. The van der Waals surface area contributed by atoms with Gasteiger partial charge in [0.1, 0.15) is 0 Å². The molecule has 2 heteroatoms. The molecule has 0 aliphatic rings. The first-order valence-electron chi connectivity index (χ1n) is 7.95. The first-order chi connectivity index (χ1) is 9.68. The number of nitrogens with one attached hydrogen (secondary N) is 1. The fourth-order valence-electron chi connectivity index (χ4n) is 3.06. The Bertz CT molecular complexity index is 352. The molecule has 0 saturated carbocycles. The monoisotopic (exact) mass is 277 g/mol. The van der Waals surface area contributed by atoms with Gasteiger partial charge in [0.25, 0.3) is 0 Å². The molecule has 0 fully saturated rings. The molecule has 0 aliphatic carbocycles. The first-order valence-corrected chi connectivity index (χ1v) is 7.95. The standard InChI is InChI=1S/C18H31NO/c1-5-11-18(12-6-2,15-19-13-14-20-4)17-9-7-16(3)8-10-17/h7-10,19H,5-6,11-15H2,1-4H3. The fourth-order valence-corrected chi connectivity index (χ4v) is 3.06. The van der Waals surface area contributed by atoms with Crippen LogP contribution < -0.4 is 5.32 Å². The van der Waals surface area contributed by atoms with Gasteiger partial charge in [-0.05, 0) is 25.3 Å². The highest BCUT2D eigenvalue weighted by Gasteiger charge is 2.29. The Morgan fingerprint density at radius 2 is 1.65 bits per heavy atom. The number of rotatable bonds is 10. The lowest BCUT2D eigenvalue weighted by Gasteiger charge is -2.35. The van der Waals surface area contributed by atoms with Crippen LogP contribution in [0.1, 0.15) is 50.7 Å². The molecule has 2 nitrogen and oxygen atoms in total. The third-order valence-electron chi connectivity index (χ3n) is 4.07. The van der Waals surface area contributed by atoms with E-state index in [1.807, 2.05) is 0 Å². The second kappa shape index (κ2) is 9.15. The molecule has 0 unspecified atom stereocenters. The Balaban J connectivity index is 2.87. The van der Waals surface area contributed by atoms with Crippen LogP contribution in [0.2, 0.25) is 0 Å². The van der Waals surface area contributed by atoms with E-state index in [1.165, 1.54) is 36.8 Å². The second-order valence-corrected chi connectivity index (χ2v) is 5.82. The van der Waals surface area contributed by atoms with E-state index in [0.29, 0.717) is 0 Å². The van der Waals surface area contributed by atoms with Crippen molar-refractivity contribution in [3.05, 3.63) is 35.4 Å². The molecule has 0 heterocycles. The molecule has 0 atom stereocenters. The molecular formula is C18H31NO.